The second-order valence-electron chi connectivity index (χ2n) is 4.99. The summed E-state index contributed by atoms with van der Waals surface area (Å²) in [4.78, 5) is 14.0. The van der Waals surface area contributed by atoms with Gasteiger partial charge >= 0.3 is 0 Å². The van der Waals surface area contributed by atoms with Crippen LogP contribution in [-0.4, -0.2) is 41.0 Å². The molecule has 24 heavy (non-hydrogen) atoms. The first kappa shape index (κ1) is 16.1. The molecule has 0 unspecified atom stereocenters. The first-order chi connectivity index (χ1) is 11.7. The van der Waals surface area contributed by atoms with E-state index in [1.54, 1.807) is 55.3 Å². The summed E-state index contributed by atoms with van der Waals surface area (Å²) >= 11 is 1.57. The Kier molecular flexibility index (Phi) is 4.85. The van der Waals surface area contributed by atoms with Crippen molar-refractivity contribution in [1.82, 2.24) is 15.1 Å². The maximum Gasteiger partial charge on any atom is 0.273 e. The van der Waals surface area contributed by atoms with E-state index in [0.717, 1.165) is 11.6 Å². The maximum atomic E-state index is 12.1. The van der Waals surface area contributed by atoms with Crippen molar-refractivity contribution in [3.63, 3.8) is 0 Å². The van der Waals surface area contributed by atoms with Crippen molar-refractivity contribution in [3.8, 4) is 17.4 Å². The van der Waals surface area contributed by atoms with Gasteiger partial charge in [0, 0.05) is 18.5 Å². The van der Waals surface area contributed by atoms with Crippen molar-refractivity contribution in [2.45, 2.75) is 0 Å². The van der Waals surface area contributed by atoms with Gasteiger partial charge in [0.25, 0.3) is 5.91 Å². The largest absolute Gasteiger partial charge is 0.497 e. The highest BCUT2D eigenvalue weighted by atomic mass is 32.2. The molecule has 8 heteroatoms. The number of ether oxygens (including phenoxy) is 2. The molecule has 1 aromatic carbocycles. The molecule has 3 rings (SSSR count). The van der Waals surface area contributed by atoms with Gasteiger partial charge < -0.3 is 19.7 Å². The summed E-state index contributed by atoms with van der Waals surface area (Å²) in [7, 11) is 3.47. The second kappa shape index (κ2) is 7.22. The van der Waals surface area contributed by atoms with Crippen LogP contribution in [0.4, 0.5) is 5.82 Å². The number of hydrogen-bond acceptors (Lipinski definition) is 7. The zero-order chi connectivity index (χ0) is 16.9. The topological polar surface area (TPSA) is 76.6 Å². The number of amides is 1. The number of nitrogens with one attached hydrogen (secondary N) is 1. The Morgan fingerprint density at radius 1 is 1.17 bits per heavy atom. The SMILES string of the molecule is COc1ccc(Oc2ccc(NC(=O)C3=CSCN3C)nn2)cc1. The number of aromatic nitrogens is 2. The molecule has 124 valence electrons. The minimum atomic E-state index is -0.208. The molecule has 2 aromatic rings. The number of thioether (sulfide) groups is 1. The normalized spacial score (nSPS) is 13.4. The Balaban J connectivity index is 1.61. The fourth-order valence-electron chi connectivity index (χ4n) is 2.00. The lowest BCUT2D eigenvalue weighted by Gasteiger charge is -2.14. The summed E-state index contributed by atoms with van der Waals surface area (Å²) in [5, 5.41) is 12.5. The molecule has 0 spiro atoms. The van der Waals surface area contributed by atoms with Crippen LogP contribution >= 0.6 is 11.8 Å². The summed E-state index contributed by atoms with van der Waals surface area (Å²) in [5.74, 6) is 2.63. The molecule has 1 amide bonds. The minimum Gasteiger partial charge on any atom is -0.497 e. The van der Waals surface area contributed by atoms with Gasteiger partial charge in [-0.2, -0.15) is 0 Å². The van der Waals surface area contributed by atoms with Crippen molar-refractivity contribution >= 4 is 23.5 Å². The molecule has 0 saturated carbocycles. The third-order valence-electron chi connectivity index (χ3n) is 3.27. The van der Waals surface area contributed by atoms with Crippen LogP contribution in [0.1, 0.15) is 0 Å². The Hall–Kier alpha value is -2.74. The van der Waals surface area contributed by atoms with Crippen LogP contribution < -0.4 is 14.8 Å². The highest BCUT2D eigenvalue weighted by Gasteiger charge is 2.19. The summed E-state index contributed by atoms with van der Waals surface area (Å²) in [5.41, 5.74) is 0.611. The van der Waals surface area contributed by atoms with Crippen molar-refractivity contribution < 1.29 is 14.3 Å². The molecule has 7 nitrogen and oxygen atoms in total. The molecular formula is C16H16N4O3S. The molecule has 0 atom stereocenters. The fraction of sp³-hybridized carbons (Fsp3) is 0.188. The molecule has 2 heterocycles. The van der Waals surface area contributed by atoms with Gasteiger partial charge in [-0.15, -0.1) is 22.0 Å². The molecule has 1 aliphatic heterocycles. The molecule has 1 aromatic heterocycles. The van der Waals surface area contributed by atoms with Gasteiger partial charge in [0.15, 0.2) is 5.82 Å². The number of benzene rings is 1. The lowest BCUT2D eigenvalue weighted by Crippen LogP contribution is -2.25. The lowest BCUT2D eigenvalue weighted by molar-refractivity contribution is -0.114. The van der Waals surface area contributed by atoms with Gasteiger partial charge in [-0.05, 0) is 30.3 Å². The van der Waals surface area contributed by atoms with Gasteiger partial charge in [-0.3, -0.25) is 4.79 Å². The predicted molar refractivity (Wildman–Crippen MR) is 92.0 cm³/mol. The van der Waals surface area contributed by atoms with Gasteiger partial charge in [0.1, 0.15) is 17.2 Å². The fourth-order valence-corrected chi connectivity index (χ4v) is 2.88. The van der Waals surface area contributed by atoms with Gasteiger partial charge in [0.2, 0.25) is 5.88 Å². The molecule has 0 aliphatic carbocycles. The van der Waals surface area contributed by atoms with Crippen LogP contribution in [0.5, 0.6) is 17.4 Å². The summed E-state index contributed by atoms with van der Waals surface area (Å²) in [6.45, 7) is 0. The van der Waals surface area contributed by atoms with Crippen molar-refractivity contribution in [3.05, 3.63) is 47.5 Å². The number of rotatable bonds is 5. The average molecular weight is 344 g/mol. The predicted octanol–water partition coefficient (Wildman–Crippen LogP) is 2.69. The Morgan fingerprint density at radius 2 is 1.92 bits per heavy atom. The average Bonchev–Trinajstić information content (AvgIpc) is 3.03. The Labute approximate surface area is 143 Å². The monoisotopic (exact) mass is 344 g/mol. The smallest absolute Gasteiger partial charge is 0.273 e. The number of carbonyl (C=O) groups is 1. The number of nitrogens with zero attached hydrogens (tertiary/aromatic N) is 3. The van der Waals surface area contributed by atoms with E-state index >= 15 is 0 Å². The van der Waals surface area contributed by atoms with Crippen LogP contribution in [0.25, 0.3) is 0 Å². The zero-order valence-electron chi connectivity index (χ0n) is 13.2. The van der Waals surface area contributed by atoms with E-state index in [9.17, 15) is 4.79 Å². The number of likely N-dealkylation sites (N-methyl/N-ethyl adjacent to an activating group) is 1. The zero-order valence-corrected chi connectivity index (χ0v) is 14.0. The Bertz CT molecular complexity index is 747. The first-order valence-electron chi connectivity index (χ1n) is 7.15. The van der Waals surface area contributed by atoms with E-state index in [1.807, 2.05) is 17.4 Å². The molecule has 1 N–H and O–H groups in total. The van der Waals surface area contributed by atoms with Crippen molar-refractivity contribution in [2.24, 2.45) is 0 Å². The summed E-state index contributed by atoms with van der Waals surface area (Å²) < 4.78 is 10.7. The van der Waals surface area contributed by atoms with Crippen LogP contribution in [0.3, 0.4) is 0 Å². The third kappa shape index (κ3) is 3.77. The number of carbonyl (C=O) groups excluding carboxylic acids is 1. The van der Waals surface area contributed by atoms with E-state index in [-0.39, 0.29) is 5.91 Å². The van der Waals surface area contributed by atoms with Crippen LogP contribution in [0, 0.1) is 0 Å². The number of methoxy groups -OCH3 is 1. The number of anilines is 1. The quantitative estimate of drug-likeness (QED) is 0.893. The minimum absolute atomic E-state index is 0.208. The van der Waals surface area contributed by atoms with Crippen molar-refractivity contribution in [1.29, 1.82) is 0 Å². The van der Waals surface area contributed by atoms with Crippen molar-refractivity contribution in [2.75, 3.05) is 25.4 Å². The highest BCUT2D eigenvalue weighted by Crippen LogP contribution is 2.24. The summed E-state index contributed by atoms with van der Waals surface area (Å²) in [6.07, 6.45) is 0. The third-order valence-corrected chi connectivity index (χ3v) is 4.20. The summed E-state index contributed by atoms with van der Waals surface area (Å²) in [6, 6.07) is 10.4. The van der Waals surface area contributed by atoms with Crippen LogP contribution in [0.15, 0.2) is 47.5 Å². The van der Waals surface area contributed by atoms with E-state index in [0.29, 0.717) is 23.1 Å². The van der Waals surface area contributed by atoms with E-state index in [2.05, 4.69) is 15.5 Å². The molecular weight excluding hydrogens is 328 g/mol. The molecule has 0 bridgehead atoms. The molecule has 0 fully saturated rings. The van der Waals surface area contributed by atoms with Gasteiger partial charge in [-0.1, -0.05) is 0 Å². The lowest BCUT2D eigenvalue weighted by atomic mass is 10.3. The van der Waals surface area contributed by atoms with Gasteiger partial charge in [-0.25, -0.2) is 0 Å². The van der Waals surface area contributed by atoms with Gasteiger partial charge in [0.05, 0.1) is 13.0 Å². The van der Waals surface area contributed by atoms with E-state index in [4.69, 9.17) is 9.47 Å². The molecule has 1 aliphatic rings. The van der Waals surface area contributed by atoms with E-state index < -0.39 is 0 Å². The van der Waals surface area contributed by atoms with Crippen LogP contribution in [0.2, 0.25) is 0 Å². The number of hydrogen-bond donors (Lipinski definition) is 1. The van der Waals surface area contributed by atoms with E-state index in [1.165, 1.54) is 0 Å². The molecule has 0 radical (unpaired) electrons. The maximum absolute atomic E-state index is 12.1. The Morgan fingerprint density at radius 3 is 2.50 bits per heavy atom. The first-order valence-corrected chi connectivity index (χ1v) is 8.20. The standard InChI is InChI=1S/C16H16N4O3S/c1-20-10-24-9-13(20)16(21)17-14-7-8-15(19-18-14)23-12-5-3-11(22-2)4-6-12/h3-9H,10H2,1-2H3,(H,17,18,21). The second-order valence-corrected chi connectivity index (χ2v) is 5.81. The highest BCUT2D eigenvalue weighted by molar-refractivity contribution is 8.02. The molecule has 0 saturated heterocycles. The van der Waals surface area contributed by atoms with Crippen LogP contribution in [-0.2, 0) is 4.79 Å².